The van der Waals surface area contributed by atoms with Gasteiger partial charge in [0.2, 0.25) is 0 Å². The molecular weight excluding hydrogens is 348 g/mol. The average Bonchev–Trinajstić information content (AvgIpc) is 3.46. The van der Waals surface area contributed by atoms with Gasteiger partial charge >= 0.3 is 0 Å². The van der Waals surface area contributed by atoms with E-state index >= 15 is 0 Å². The summed E-state index contributed by atoms with van der Waals surface area (Å²) in [4.78, 5) is 0. The summed E-state index contributed by atoms with van der Waals surface area (Å²) in [6.07, 6.45) is 5.23. The Morgan fingerprint density at radius 3 is 2.12 bits per heavy atom. The van der Waals surface area contributed by atoms with Crippen LogP contribution >= 0.6 is 0 Å². The van der Waals surface area contributed by atoms with E-state index in [2.05, 4.69) is 27.3 Å². The molecule has 0 amide bonds. The van der Waals surface area contributed by atoms with Crippen molar-refractivity contribution in [3.63, 3.8) is 0 Å². The van der Waals surface area contributed by atoms with Crippen molar-refractivity contribution >= 4 is 8.32 Å². The first-order valence-corrected chi connectivity index (χ1v) is 13.2. The van der Waals surface area contributed by atoms with Crippen LogP contribution in [0.2, 0.25) is 18.6 Å². The molecule has 3 fully saturated rings. The predicted molar refractivity (Wildman–Crippen MR) is 104 cm³/mol. The fourth-order valence-electron chi connectivity index (χ4n) is 3.96. The van der Waals surface area contributed by atoms with Crippen LogP contribution < -0.4 is 0 Å². The third-order valence-corrected chi connectivity index (χ3v) is 10.2. The number of hydrogen-bond donors (Lipinski definition) is 0. The van der Waals surface area contributed by atoms with E-state index in [0.717, 1.165) is 58.9 Å². The van der Waals surface area contributed by atoms with Crippen LogP contribution in [0.3, 0.4) is 0 Å². The first-order chi connectivity index (χ1) is 12.3. The summed E-state index contributed by atoms with van der Waals surface area (Å²) in [6, 6.07) is 2.45. The summed E-state index contributed by atoms with van der Waals surface area (Å²) in [5.41, 5.74) is 0.174. The first kappa shape index (κ1) is 20.7. The van der Waals surface area contributed by atoms with Crippen LogP contribution in [0.4, 0.5) is 0 Å². The Labute approximate surface area is 160 Å². The minimum absolute atomic E-state index is 0.0472. The van der Waals surface area contributed by atoms with E-state index in [0.29, 0.717) is 12.2 Å². The van der Waals surface area contributed by atoms with E-state index in [9.17, 15) is 0 Å². The molecule has 3 heterocycles. The lowest BCUT2D eigenvalue weighted by Gasteiger charge is -2.54. The van der Waals surface area contributed by atoms with Gasteiger partial charge in [-0.2, -0.15) is 0 Å². The maximum absolute atomic E-state index is 6.94. The summed E-state index contributed by atoms with van der Waals surface area (Å²) in [5, 5.41) is 0. The van der Waals surface area contributed by atoms with Crippen LogP contribution in [0.1, 0.15) is 46.5 Å². The molecule has 0 N–H and O–H groups in total. The molecule has 0 bridgehead atoms. The fourth-order valence-corrected chi connectivity index (χ4v) is 7.92. The van der Waals surface area contributed by atoms with Crippen LogP contribution in [0, 0.1) is 5.41 Å². The van der Waals surface area contributed by atoms with E-state index in [1.807, 2.05) is 0 Å². The van der Waals surface area contributed by atoms with E-state index in [1.165, 1.54) is 18.5 Å². The second-order valence-electron chi connectivity index (χ2n) is 9.43. The molecule has 0 spiro atoms. The number of rotatable bonds is 12. The molecule has 5 nitrogen and oxygen atoms in total. The van der Waals surface area contributed by atoms with Gasteiger partial charge in [-0.3, -0.25) is 0 Å². The molecule has 0 aromatic carbocycles. The molecule has 3 aliphatic rings. The van der Waals surface area contributed by atoms with Gasteiger partial charge in [0.15, 0.2) is 8.32 Å². The smallest absolute Gasteiger partial charge is 0.190 e. The zero-order valence-electron chi connectivity index (χ0n) is 17.2. The highest BCUT2D eigenvalue weighted by Crippen LogP contribution is 2.50. The van der Waals surface area contributed by atoms with Gasteiger partial charge in [-0.1, -0.05) is 13.8 Å². The molecule has 6 heteroatoms. The van der Waals surface area contributed by atoms with E-state index in [4.69, 9.17) is 23.4 Å². The van der Waals surface area contributed by atoms with E-state index in [1.54, 1.807) is 0 Å². The predicted octanol–water partition coefficient (Wildman–Crippen LogP) is 3.77. The lowest BCUT2D eigenvalue weighted by atomic mass is 9.71. The Balaban J connectivity index is 1.40. The minimum atomic E-state index is -1.67. The Kier molecular flexibility index (Phi) is 6.84. The van der Waals surface area contributed by atoms with Crippen LogP contribution in [-0.4, -0.2) is 65.8 Å². The van der Waals surface area contributed by atoms with Crippen LogP contribution in [0.15, 0.2) is 0 Å². The number of ether oxygens (including phenoxy) is 4. The van der Waals surface area contributed by atoms with Crippen molar-refractivity contribution in [2.45, 2.75) is 82.9 Å². The molecule has 26 heavy (non-hydrogen) atoms. The molecule has 3 rings (SSSR count). The SMILES string of the molecule is CC1(C)CC[Si](C)(CCCOCC2CO2)OC1(C)CCCOCC1CO1. The monoisotopic (exact) mass is 386 g/mol. The van der Waals surface area contributed by atoms with Crippen molar-refractivity contribution in [1.29, 1.82) is 0 Å². The standard InChI is InChI=1S/C20H38O5Si/c1-19(2)8-12-26(4,11-6-10-22-14-18-16-24-18)25-20(19,3)7-5-9-21-13-17-15-23-17/h17-18H,5-16H2,1-4H3. The van der Waals surface area contributed by atoms with Crippen molar-refractivity contribution in [3.05, 3.63) is 0 Å². The molecule has 0 aromatic rings. The van der Waals surface area contributed by atoms with Crippen molar-refractivity contribution in [1.82, 2.24) is 0 Å². The molecule has 0 radical (unpaired) electrons. The summed E-state index contributed by atoms with van der Waals surface area (Å²) < 4.78 is 28.8. The molecule has 3 aliphatic heterocycles. The topological polar surface area (TPSA) is 52.8 Å². The van der Waals surface area contributed by atoms with Crippen LogP contribution in [0.5, 0.6) is 0 Å². The van der Waals surface area contributed by atoms with Crippen LogP contribution in [0.25, 0.3) is 0 Å². The van der Waals surface area contributed by atoms with Gasteiger partial charge in [0.05, 0.1) is 32.0 Å². The van der Waals surface area contributed by atoms with Crippen molar-refractivity contribution in [3.8, 4) is 0 Å². The number of hydrogen-bond acceptors (Lipinski definition) is 5. The lowest BCUT2D eigenvalue weighted by Crippen LogP contribution is -2.57. The quantitative estimate of drug-likeness (QED) is 0.290. The summed E-state index contributed by atoms with van der Waals surface area (Å²) >= 11 is 0. The van der Waals surface area contributed by atoms with Crippen molar-refractivity contribution in [2.75, 3.05) is 39.6 Å². The third-order valence-electron chi connectivity index (χ3n) is 6.53. The summed E-state index contributed by atoms with van der Waals surface area (Å²) in [7, 11) is -1.67. The zero-order chi connectivity index (χ0) is 18.7. The molecule has 152 valence electrons. The van der Waals surface area contributed by atoms with Gasteiger partial charge in [0.1, 0.15) is 12.2 Å². The lowest BCUT2D eigenvalue weighted by molar-refractivity contribution is -0.0676. The van der Waals surface area contributed by atoms with Gasteiger partial charge in [-0.15, -0.1) is 0 Å². The highest BCUT2D eigenvalue weighted by Gasteiger charge is 2.51. The zero-order valence-corrected chi connectivity index (χ0v) is 18.2. The van der Waals surface area contributed by atoms with E-state index in [-0.39, 0.29) is 11.0 Å². The Hall–Kier alpha value is 0.0169. The summed E-state index contributed by atoms with van der Waals surface area (Å²) in [5.74, 6) is 0. The highest BCUT2D eigenvalue weighted by atomic mass is 28.4. The van der Waals surface area contributed by atoms with Gasteiger partial charge in [-0.05, 0) is 56.7 Å². The van der Waals surface area contributed by atoms with Crippen molar-refractivity contribution in [2.24, 2.45) is 5.41 Å². The molecule has 0 aliphatic carbocycles. The Bertz CT molecular complexity index is 451. The number of epoxide rings is 2. The maximum Gasteiger partial charge on any atom is 0.190 e. The Morgan fingerprint density at radius 1 is 0.962 bits per heavy atom. The second kappa shape index (κ2) is 8.58. The van der Waals surface area contributed by atoms with Gasteiger partial charge in [-0.25, -0.2) is 0 Å². The third kappa shape index (κ3) is 6.01. The fraction of sp³-hybridized carbons (Fsp3) is 1.00. The molecule has 3 saturated heterocycles. The summed E-state index contributed by atoms with van der Waals surface area (Å²) in [6.45, 7) is 14.4. The second-order valence-corrected chi connectivity index (χ2v) is 13.5. The van der Waals surface area contributed by atoms with Crippen LogP contribution in [-0.2, 0) is 23.4 Å². The first-order valence-electron chi connectivity index (χ1n) is 10.4. The molecule has 0 saturated carbocycles. The molecule has 0 aromatic heterocycles. The van der Waals surface area contributed by atoms with E-state index < -0.39 is 8.32 Å². The Morgan fingerprint density at radius 2 is 1.54 bits per heavy atom. The molecule has 4 atom stereocenters. The largest absolute Gasteiger partial charge is 0.411 e. The molecular formula is C20H38O5Si. The van der Waals surface area contributed by atoms with Gasteiger partial charge in [0.25, 0.3) is 0 Å². The normalized spacial score (nSPS) is 38.3. The maximum atomic E-state index is 6.94. The molecule has 4 unspecified atom stereocenters. The van der Waals surface area contributed by atoms with Gasteiger partial charge in [0, 0.05) is 13.2 Å². The highest BCUT2D eigenvalue weighted by molar-refractivity contribution is 6.72. The average molecular weight is 387 g/mol. The van der Waals surface area contributed by atoms with Crippen molar-refractivity contribution < 1.29 is 23.4 Å². The minimum Gasteiger partial charge on any atom is -0.411 e. The van der Waals surface area contributed by atoms with Gasteiger partial charge < -0.3 is 23.4 Å².